The summed E-state index contributed by atoms with van der Waals surface area (Å²) >= 11 is 0. The van der Waals surface area contributed by atoms with Gasteiger partial charge >= 0.3 is 0 Å². The number of nitrogens with zero attached hydrogens (tertiary/aromatic N) is 3. The molecule has 2 aliphatic heterocycles. The van der Waals surface area contributed by atoms with Crippen molar-refractivity contribution >= 4 is 5.91 Å². The zero-order chi connectivity index (χ0) is 15.3. The number of amides is 1. The van der Waals surface area contributed by atoms with Crippen LogP contribution in [-0.2, 0) is 11.2 Å². The maximum atomic E-state index is 13.0. The van der Waals surface area contributed by atoms with Gasteiger partial charge in [-0.05, 0) is 37.1 Å². The fourth-order valence-electron chi connectivity index (χ4n) is 3.69. The molecule has 1 amide bonds. The minimum absolute atomic E-state index is 0.119. The summed E-state index contributed by atoms with van der Waals surface area (Å²) < 4.78 is 13.0. The highest BCUT2D eigenvalue weighted by molar-refractivity contribution is 5.75. The van der Waals surface area contributed by atoms with E-state index in [1.54, 1.807) is 19.1 Å². The summed E-state index contributed by atoms with van der Waals surface area (Å²) in [7, 11) is 0. The van der Waals surface area contributed by atoms with Crippen LogP contribution in [0.25, 0.3) is 11.4 Å². The molecule has 0 aliphatic carbocycles. The Morgan fingerprint density at radius 1 is 1.27 bits per heavy atom. The van der Waals surface area contributed by atoms with Crippen LogP contribution < -0.4 is 0 Å². The largest absolute Gasteiger partial charge is 0.332 e. The van der Waals surface area contributed by atoms with Gasteiger partial charge in [-0.15, -0.1) is 0 Å². The molecule has 0 unspecified atom stereocenters. The summed E-state index contributed by atoms with van der Waals surface area (Å²) in [6, 6.07) is 6.59. The lowest BCUT2D eigenvalue weighted by molar-refractivity contribution is -0.132. The second kappa shape index (κ2) is 4.87. The Labute approximate surface area is 128 Å². The lowest BCUT2D eigenvalue weighted by Gasteiger charge is -2.34. The van der Waals surface area contributed by atoms with Gasteiger partial charge in [0.1, 0.15) is 5.82 Å². The first-order valence-electron chi connectivity index (χ1n) is 7.54. The Balaban J connectivity index is 1.74. The second-order valence-electron chi connectivity index (χ2n) is 5.98. The average molecular weight is 297 g/mol. The van der Waals surface area contributed by atoms with Crippen molar-refractivity contribution in [3.8, 4) is 11.4 Å². The van der Waals surface area contributed by atoms with Crippen LogP contribution >= 0.6 is 0 Å². The number of fused-ring (bicyclic) bond motifs is 4. The van der Waals surface area contributed by atoms with E-state index < -0.39 is 0 Å². The minimum Gasteiger partial charge on any atom is -0.332 e. The molecule has 0 N–H and O–H groups in total. The third-order valence-corrected chi connectivity index (χ3v) is 4.66. The van der Waals surface area contributed by atoms with Crippen LogP contribution in [0, 0.1) is 5.82 Å². The predicted octanol–water partition coefficient (Wildman–Crippen LogP) is 2.89. The molecule has 5 heteroatoms. The molecular formula is C17H16FN3O. The van der Waals surface area contributed by atoms with Crippen LogP contribution in [0.15, 0.2) is 30.5 Å². The van der Waals surface area contributed by atoms with Crippen LogP contribution in [-0.4, -0.2) is 26.8 Å². The van der Waals surface area contributed by atoms with Crippen molar-refractivity contribution in [2.45, 2.75) is 38.3 Å². The fourth-order valence-corrected chi connectivity index (χ4v) is 3.69. The van der Waals surface area contributed by atoms with E-state index in [-0.39, 0.29) is 23.8 Å². The lowest BCUT2D eigenvalue weighted by Crippen LogP contribution is -2.41. The summed E-state index contributed by atoms with van der Waals surface area (Å²) in [4.78, 5) is 22.9. The maximum absolute atomic E-state index is 13.0. The van der Waals surface area contributed by atoms with Crippen LogP contribution in [0.3, 0.4) is 0 Å². The Morgan fingerprint density at radius 2 is 2.05 bits per heavy atom. The minimum atomic E-state index is -0.267. The monoisotopic (exact) mass is 297 g/mol. The fraction of sp³-hybridized carbons (Fsp3) is 0.353. The van der Waals surface area contributed by atoms with Crippen molar-refractivity contribution in [2.24, 2.45) is 0 Å². The number of carbonyl (C=O) groups excluding carboxylic acids is 1. The predicted molar refractivity (Wildman–Crippen MR) is 79.4 cm³/mol. The van der Waals surface area contributed by atoms with Gasteiger partial charge in [-0.2, -0.15) is 0 Å². The van der Waals surface area contributed by atoms with Gasteiger partial charge in [0, 0.05) is 36.7 Å². The first-order valence-corrected chi connectivity index (χ1v) is 7.54. The number of aromatic nitrogens is 2. The molecule has 0 radical (unpaired) electrons. The summed E-state index contributed by atoms with van der Waals surface area (Å²) in [6.07, 6.45) is 4.62. The molecule has 2 aliphatic rings. The molecule has 1 saturated heterocycles. The Kier molecular flexibility index (Phi) is 2.96. The molecule has 4 rings (SSSR count). The van der Waals surface area contributed by atoms with E-state index >= 15 is 0 Å². The third-order valence-electron chi connectivity index (χ3n) is 4.66. The smallest absolute Gasteiger partial charge is 0.220 e. The quantitative estimate of drug-likeness (QED) is 0.813. The summed E-state index contributed by atoms with van der Waals surface area (Å²) in [5.41, 5.74) is 2.90. The molecule has 2 aromatic rings. The second-order valence-corrected chi connectivity index (χ2v) is 5.98. The van der Waals surface area contributed by atoms with Gasteiger partial charge in [-0.3, -0.25) is 4.79 Å². The summed E-state index contributed by atoms with van der Waals surface area (Å²) in [5, 5.41) is 0. The van der Waals surface area contributed by atoms with E-state index in [0.717, 1.165) is 36.1 Å². The molecule has 1 aromatic heterocycles. The van der Waals surface area contributed by atoms with Crippen molar-refractivity contribution in [3.05, 3.63) is 47.5 Å². The number of hydrogen-bond donors (Lipinski definition) is 0. The SMILES string of the molecule is CC(=O)N1[C@H]2CC[C@@H]1c1cnc(-c3ccc(F)cc3)nc1C2. The van der Waals surface area contributed by atoms with E-state index in [2.05, 4.69) is 9.97 Å². The highest BCUT2D eigenvalue weighted by Gasteiger charge is 2.42. The van der Waals surface area contributed by atoms with Crippen molar-refractivity contribution in [1.82, 2.24) is 14.9 Å². The molecule has 3 heterocycles. The third kappa shape index (κ3) is 2.00. The Hall–Kier alpha value is -2.30. The Morgan fingerprint density at radius 3 is 2.77 bits per heavy atom. The summed E-state index contributed by atoms with van der Waals surface area (Å²) in [5.74, 6) is 0.479. The highest BCUT2D eigenvalue weighted by Crippen LogP contribution is 2.43. The first-order chi connectivity index (χ1) is 10.6. The standard InChI is InChI=1S/C17H16FN3O/c1-10(22)21-13-6-7-16(21)14-9-19-17(20-15(14)8-13)11-2-4-12(18)5-3-11/h2-5,9,13,16H,6-8H2,1H3/t13-,16+/m0/s1. The zero-order valence-corrected chi connectivity index (χ0v) is 12.3. The Bertz CT molecular complexity index is 744. The van der Waals surface area contributed by atoms with E-state index in [1.165, 1.54) is 12.1 Å². The first kappa shape index (κ1) is 13.4. The molecule has 0 spiro atoms. The van der Waals surface area contributed by atoms with E-state index in [9.17, 15) is 9.18 Å². The van der Waals surface area contributed by atoms with Crippen LogP contribution in [0.1, 0.15) is 37.1 Å². The van der Waals surface area contributed by atoms with Gasteiger partial charge in [0.2, 0.25) is 5.91 Å². The van der Waals surface area contributed by atoms with E-state index in [4.69, 9.17) is 0 Å². The number of carbonyl (C=O) groups is 1. The number of benzene rings is 1. The van der Waals surface area contributed by atoms with Gasteiger partial charge in [0.05, 0.1) is 11.7 Å². The van der Waals surface area contributed by atoms with Gasteiger partial charge < -0.3 is 4.90 Å². The van der Waals surface area contributed by atoms with E-state index in [1.807, 2.05) is 11.1 Å². The molecule has 2 atom stereocenters. The average Bonchev–Trinajstić information content (AvgIpc) is 2.83. The van der Waals surface area contributed by atoms with Crippen molar-refractivity contribution in [3.63, 3.8) is 0 Å². The maximum Gasteiger partial charge on any atom is 0.220 e. The zero-order valence-electron chi connectivity index (χ0n) is 12.3. The molecule has 112 valence electrons. The molecule has 2 bridgehead atoms. The van der Waals surface area contributed by atoms with Gasteiger partial charge in [-0.1, -0.05) is 0 Å². The molecule has 0 saturated carbocycles. The van der Waals surface area contributed by atoms with E-state index in [0.29, 0.717) is 5.82 Å². The molecular weight excluding hydrogens is 281 g/mol. The van der Waals surface area contributed by atoms with Crippen LogP contribution in [0.5, 0.6) is 0 Å². The molecule has 1 aromatic carbocycles. The number of halogens is 1. The molecule has 4 nitrogen and oxygen atoms in total. The molecule has 22 heavy (non-hydrogen) atoms. The van der Waals surface area contributed by atoms with Crippen molar-refractivity contribution in [1.29, 1.82) is 0 Å². The van der Waals surface area contributed by atoms with Crippen LogP contribution in [0.2, 0.25) is 0 Å². The normalized spacial score (nSPS) is 22.5. The van der Waals surface area contributed by atoms with Crippen molar-refractivity contribution < 1.29 is 9.18 Å². The summed E-state index contributed by atoms with van der Waals surface area (Å²) in [6.45, 7) is 1.63. The molecule has 1 fully saturated rings. The number of hydrogen-bond acceptors (Lipinski definition) is 3. The van der Waals surface area contributed by atoms with Crippen LogP contribution in [0.4, 0.5) is 4.39 Å². The number of rotatable bonds is 1. The van der Waals surface area contributed by atoms with Crippen molar-refractivity contribution in [2.75, 3.05) is 0 Å². The lowest BCUT2D eigenvalue weighted by atomic mass is 9.99. The topological polar surface area (TPSA) is 46.1 Å². The highest BCUT2D eigenvalue weighted by atomic mass is 19.1. The van der Waals surface area contributed by atoms with Gasteiger partial charge in [0.25, 0.3) is 0 Å². The van der Waals surface area contributed by atoms with Gasteiger partial charge in [-0.25, -0.2) is 14.4 Å². The van der Waals surface area contributed by atoms with Gasteiger partial charge in [0.15, 0.2) is 5.82 Å².